The molecule has 1 heterocycles. The average molecular weight is 253 g/mol. The Morgan fingerprint density at radius 1 is 1.53 bits per heavy atom. The first kappa shape index (κ1) is 12.6. The van der Waals surface area contributed by atoms with Gasteiger partial charge in [0.05, 0.1) is 11.7 Å². The third kappa shape index (κ3) is 2.11. The molecular weight excluding hydrogens is 234 g/mol. The second-order valence-corrected chi connectivity index (χ2v) is 6.89. The van der Waals surface area contributed by atoms with Crippen LogP contribution >= 0.6 is 11.3 Å². The van der Waals surface area contributed by atoms with Crippen LogP contribution in [0.25, 0.3) is 0 Å². The number of aryl methyl sites for hydroxylation is 2. The first-order chi connectivity index (χ1) is 7.82. The molecule has 2 atom stereocenters. The zero-order chi connectivity index (χ0) is 12.8. The van der Waals surface area contributed by atoms with E-state index in [0.717, 1.165) is 15.3 Å². The summed E-state index contributed by atoms with van der Waals surface area (Å²) in [5, 5.41) is 12.7. The van der Waals surface area contributed by atoms with Crippen LogP contribution in [0.1, 0.15) is 40.4 Å². The van der Waals surface area contributed by atoms with E-state index in [-0.39, 0.29) is 23.5 Å². The van der Waals surface area contributed by atoms with Crippen LogP contribution in [0, 0.1) is 19.3 Å². The van der Waals surface area contributed by atoms with Gasteiger partial charge < -0.3 is 10.4 Å². The van der Waals surface area contributed by atoms with Crippen molar-refractivity contribution in [2.75, 3.05) is 0 Å². The Kier molecular flexibility index (Phi) is 3.04. The van der Waals surface area contributed by atoms with Gasteiger partial charge in [-0.3, -0.25) is 4.79 Å². The lowest BCUT2D eigenvalue weighted by Crippen LogP contribution is -2.61. The summed E-state index contributed by atoms with van der Waals surface area (Å²) >= 11 is 1.64. The van der Waals surface area contributed by atoms with E-state index in [0.29, 0.717) is 6.42 Å². The van der Waals surface area contributed by atoms with E-state index in [2.05, 4.69) is 5.32 Å². The summed E-state index contributed by atoms with van der Waals surface area (Å²) in [5.74, 6) is -0.0168. The van der Waals surface area contributed by atoms with Crippen molar-refractivity contribution in [3.8, 4) is 0 Å². The van der Waals surface area contributed by atoms with Gasteiger partial charge in [0.1, 0.15) is 0 Å². The molecule has 1 aromatic rings. The number of carbonyl (C=O) groups excluding carboxylic acids is 1. The van der Waals surface area contributed by atoms with E-state index >= 15 is 0 Å². The van der Waals surface area contributed by atoms with Crippen molar-refractivity contribution in [3.05, 3.63) is 21.4 Å². The first-order valence-corrected chi connectivity index (χ1v) is 6.70. The summed E-state index contributed by atoms with van der Waals surface area (Å²) in [4.78, 5) is 14.3. The largest absolute Gasteiger partial charge is 0.392 e. The van der Waals surface area contributed by atoms with Crippen LogP contribution in [-0.2, 0) is 0 Å². The van der Waals surface area contributed by atoms with Crippen molar-refractivity contribution < 1.29 is 9.90 Å². The summed E-state index contributed by atoms with van der Waals surface area (Å²) in [7, 11) is 0. The molecule has 0 bridgehead atoms. The number of hydrogen-bond donors (Lipinski definition) is 2. The van der Waals surface area contributed by atoms with Crippen LogP contribution in [0.15, 0.2) is 6.07 Å². The van der Waals surface area contributed by atoms with Crippen molar-refractivity contribution >= 4 is 17.2 Å². The molecule has 1 amide bonds. The van der Waals surface area contributed by atoms with Gasteiger partial charge in [0.2, 0.25) is 0 Å². The van der Waals surface area contributed by atoms with Gasteiger partial charge in [0.25, 0.3) is 5.91 Å². The molecule has 94 valence electrons. The highest BCUT2D eigenvalue weighted by atomic mass is 32.1. The summed E-state index contributed by atoms with van der Waals surface area (Å²) in [6.45, 7) is 7.94. The number of aliphatic hydroxyl groups is 1. The molecule has 1 fully saturated rings. The highest BCUT2D eigenvalue weighted by Crippen LogP contribution is 2.40. The van der Waals surface area contributed by atoms with Crippen molar-refractivity contribution in [2.45, 2.75) is 46.3 Å². The van der Waals surface area contributed by atoms with Crippen molar-refractivity contribution in [1.29, 1.82) is 0 Å². The number of aliphatic hydroxyl groups excluding tert-OH is 1. The second kappa shape index (κ2) is 4.10. The van der Waals surface area contributed by atoms with Crippen LogP contribution in [0.4, 0.5) is 0 Å². The van der Waals surface area contributed by atoms with Crippen molar-refractivity contribution in [2.24, 2.45) is 5.41 Å². The lowest BCUT2D eigenvalue weighted by Gasteiger charge is -2.49. The van der Waals surface area contributed by atoms with E-state index < -0.39 is 0 Å². The lowest BCUT2D eigenvalue weighted by atomic mass is 9.64. The standard InChI is InChI=1S/C13H19NO2S/c1-7-5-9(8(2)17-7)12(16)14-10-6-11(15)13(10,3)4/h5,10-11,15H,6H2,1-4H3,(H,14,16). The maximum absolute atomic E-state index is 12.1. The van der Waals surface area contributed by atoms with Crippen molar-refractivity contribution in [3.63, 3.8) is 0 Å². The fourth-order valence-corrected chi connectivity index (χ4v) is 3.16. The summed E-state index contributed by atoms with van der Waals surface area (Å²) < 4.78 is 0. The fourth-order valence-electron chi connectivity index (χ4n) is 2.24. The molecule has 0 aliphatic heterocycles. The normalized spacial score (nSPS) is 26.4. The van der Waals surface area contributed by atoms with Crippen LogP contribution in [0.5, 0.6) is 0 Å². The van der Waals surface area contributed by atoms with Crippen LogP contribution in [0.3, 0.4) is 0 Å². The van der Waals surface area contributed by atoms with E-state index in [4.69, 9.17) is 0 Å². The predicted molar refractivity (Wildman–Crippen MR) is 69.5 cm³/mol. The monoisotopic (exact) mass is 253 g/mol. The zero-order valence-corrected chi connectivity index (χ0v) is 11.5. The van der Waals surface area contributed by atoms with E-state index in [9.17, 15) is 9.90 Å². The molecule has 17 heavy (non-hydrogen) atoms. The minimum absolute atomic E-state index is 0.0168. The number of amides is 1. The Hall–Kier alpha value is -0.870. The van der Waals surface area contributed by atoms with Gasteiger partial charge in [0, 0.05) is 21.2 Å². The third-order valence-electron chi connectivity index (χ3n) is 3.81. The predicted octanol–water partition coefficient (Wildman–Crippen LogP) is 2.25. The van der Waals surface area contributed by atoms with Gasteiger partial charge >= 0.3 is 0 Å². The Morgan fingerprint density at radius 2 is 2.18 bits per heavy atom. The molecule has 1 saturated carbocycles. The van der Waals surface area contributed by atoms with Gasteiger partial charge in [-0.2, -0.15) is 0 Å². The summed E-state index contributed by atoms with van der Waals surface area (Å²) in [6, 6.07) is 2.00. The number of rotatable bonds is 2. The molecule has 0 aromatic carbocycles. The van der Waals surface area contributed by atoms with Crippen LogP contribution in [0.2, 0.25) is 0 Å². The average Bonchev–Trinajstić information content (AvgIpc) is 2.57. The van der Waals surface area contributed by atoms with E-state index in [1.165, 1.54) is 0 Å². The molecule has 2 unspecified atom stereocenters. The number of nitrogens with one attached hydrogen (secondary N) is 1. The molecule has 0 radical (unpaired) electrons. The van der Waals surface area contributed by atoms with Crippen molar-refractivity contribution in [1.82, 2.24) is 5.32 Å². The molecule has 0 saturated heterocycles. The quantitative estimate of drug-likeness (QED) is 0.849. The van der Waals surface area contributed by atoms with Gasteiger partial charge in [-0.1, -0.05) is 13.8 Å². The molecule has 1 aromatic heterocycles. The SMILES string of the molecule is Cc1cc(C(=O)NC2CC(O)C2(C)C)c(C)s1. The molecule has 3 nitrogen and oxygen atoms in total. The lowest BCUT2D eigenvalue weighted by molar-refractivity contribution is -0.0689. The Balaban J connectivity index is 2.06. The minimum atomic E-state index is -0.307. The Labute approximate surface area is 106 Å². The minimum Gasteiger partial charge on any atom is -0.392 e. The highest BCUT2D eigenvalue weighted by molar-refractivity contribution is 7.12. The maximum Gasteiger partial charge on any atom is 0.252 e. The zero-order valence-electron chi connectivity index (χ0n) is 10.7. The fraction of sp³-hybridized carbons (Fsp3) is 0.615. The van der Waals surface area contributed by atoms with E-state index in [1.807, 2.05) is 33.8 Å². The second-order valence-electron chi connectivity index (χ2n) is 5.43. The van der Waals surface area contributed by atoms with Gasteiger partial charge in [-0.25, -0.2) is 0 Å². The molecule has 1 aliphatic rings. The smallest absolute Gasteiger partial charge is 0.252 e. The Morgan fingerprint density at radius 3 is 2.59 bits per heavy atom. The number of thiophene rings is 1. The third-order valence-corrected chi connectivity index (χ3v) is 4.77. The molecule has 2 rings (SSSR count). The number of hydrogen-bond acceptors (Lipinski definition) is 3. The van der Waals surface area contributed by atoms with Crippen LogP contribution in [-0.4, -0.2) is 23.2 Å². The first-order valence-electron chi connectivity index (χ1n) is 5.88. The van der Waals surface area contributed by atoms with Crippen LogP contribution < -0.4 is 5.32 Å². The molecule has 4 heteroatoms. The molecule has 0 spiro atoms. The van der Waals surface area contributed by atoms with Gasteiger partial charge in [-0.15, -0.1) is 11.3 Å². The highest BCUT2D eigenvalue weighted by Gasteiger charge is 2.48. The summed E-state index contributed by atoms with van der Waals surface area (Å²) in [5.41, 5.74) is 0.555. The summed E-state index contributed by atoms with van der Waals surface area (Å²) in [6.07, 6.45) is 0.346. The molecule has 1 aliphatic carbocycles. The van der Waals surface area contributed by atoms with E-state index in [1.54, 1.807) is 11.3 Å². The van der Waals surface area contributed by atoms with Gasteiger partial charge in [-0.05, 0) is 26.3 Å². The Bertz CT molecular complexity index is 450. The number of carbonyl (C=O) groups is 1. The molecule has 2 N–H and O–H groups in total. The maximum atomic E-state index is 12.1. The van der Waals surface area contributed by atoms with Gasteiger partial charge in [0.15, 0.2) is 0 Å². The topological polar surface area (TPSA) is 49.3 Å². The molecular formula is C13H19NO2S.